The number of hydrogen-bond donors (Lipinski definition) is 1. The first-order valence-corrected chi connectivity index (χ1v) is 7.11. The summed E-state index contributed by atoms with van der Waals surface area (Å²) in [4.78, 5) is 15.3. The molecule has 1 saturated carbocycles. The minimum atomic E-state index is -0.687. The topological polar surface area (TPSA) is 43.8 Å². The fourth-order valence-electron chi connectivity index (χ4n) is 2.85. The molecule has 2 unspecified atom stereocenters. The second kappa shape index (κ2) is 7.74. The maximum atomic E-state index is 10.8. The summed E-state index contributed by atoms with van der Waals surface area (Å²) in [6.07, 6.45) is 5.40. The van der Waals surface area contributed by atoms with Crippen LogP contribution in [0.15, 0.2) is 0 Å². The monoisotopic (exact) mass is 256 g/mol. The average Bonchev–Trinajstić information content (AvgIpc) is 2.30. The molecule has 0 heterocycles. The van der Waals surface area contributed by atoms with E-state index in [-0.39, 0.29) is 6.42 Å². The van der Waals surface area contributed by atoms with Crippen molar-refractivity contribution in [2.45, 2.75) is 45.1 Å². The lowest BCUT2D eigenvalue weighted by atomic mass is 9.85. The van der Waals surface area contributed by atoms with Crippen molar-refractivity contribution in [3.05, 3.63) is 0 Å². The summed E-state index contributed by atoms with van der Waals surface area (Å²) in [5.41, 5.74) is 0. The number of carbonyl (C=O) groups is 1. The molecule has 0 aromatic carbocycles. The second-order valence-corrected chi connectivity index (χ2v) is 5.81. The Morgan fingerprint density at radius 2 is 1.83 bits per heavy atom. The smallest absolute Gasteiger partial charge is 0.304 e. The van der Waals surface area contributed by atoms with Crippen LogP contribution in [-0.4, -0.2) is 60.6 Å². The molecule has 18 heavy (non-hydrogen) atoms. The number of nitrogens with zero attached hydrogens (tertiary/aromatic N) is 2. The summed E-state index contributed by atoms with van der Waals surface area (Å²) in [6.45, 7) is 4.99. The number of aliphatic carboxylic acids is 1. The normalized spacial score (nSPS) is 24.7. The van der Waals surface area contributed by atoms with E-state index < -0.39 is 5.97 Å². The van der Waals surface area contributed by atoms with E-state index >= 15 is 0 Å². The van der Waals surface area contributed by atoms with E-state index in [0.717, 1.165) is 13.1 Å². The quantitative estimate of drug-likeness (QED) is 0.755. The van der Waals surface area contributed by atoms with Gasteiger partial charge in [-0.3, -0.25) is 9.69 Å². The van der Waals surface area contributed by atoms with Gasteiger partial charge in [-0.05, 0) is 32.9 Å². The molecule has 0 spiro atoms. The number of carboxylic acids is 1. The van der Waals surface area contributed by atoms with Crippen molar-refractivity contribution >= 4 is 5.97 Å². The highest BCUT2D eigenvalue weighted by molar-refractivity contribution is 5.66. The van der Waals surface area contributed by atoms with Gasteiger partial charge < -0.3 is 10.0 Å². The molecule has 0 bridgehead atoms. The third-order valence-electron chi connectivity index (χ3n) is 3.98. The third kappa shape index (κ3) is 5.36. The van der Waals surface area contributed by atoms with Crippen molar-refractivity contribution in [1.82, 2.24) is 9.80 Å². The highest BCUT2D eigenvalue weighted by Crippen LogP contribution is 2.28. The molecule has 0 radical (unpaired) electrons. The molecule has 0 aromatic rings. The molecule has 1 aliphatic carbocycles. The molecule has 106 valence electrons. The van der Waals surface area contributed by atoms with Gasteiger partial charge in [-0.2, -0.15) is 0 Å². The van der Waals surface area contributed by atoms with Crippen LogP contribution in [0.1, 0.15) is 39.0 Å². The molecule has 0 aliphatic heterocycles. The molecule has 1 N–H and O–H groups in total. The van der Waals surface area contributed by atoms with Crippen molar-refractivity contribution in [3.63, 3.8) is 0 Å². The number of hydrogen-bond acceptors (Lipinski definition) is 3. The van der Waals surface area contributed by atoms with Crippen LogP contribution >= 0.6 is 0 Å². The van der Waals surface area contributed by atoms with Crippen LogP contribution in [0.2, 0.25) is 0 Å². The highest BCUT2D eigenvalue weighted by atomic mass is 16.4. The number of likely N-dealkylation sites (N-methyl/N-ethyl adjacent to an activating group) is 1. The van der Waals surface area contributed by atoms with Crippen molar-refractivity contribution in [3.8, 4) is 0 Å². The van der Waals surface area contributed by atoms with Crippen LogP contribution in [0.3, 0.4) is 0 Å². The van der Waals surface area contributed by atoms with Crippen molar-refractivity contribution in [2.75, 3.05) is 33.7 Å². The van der Waals surface area contributed by atoms with E-state index in [9.17, 15) is 4.79 Å². The lowest BCUT2D eigenvalue weighted by Gasteiger charge is -2.39. The predicted octanol–water partition coefficient (Wildman–Crippen LogP) is 1.90. The minimum absolute atomic E-state index is 0.261. The Labute approximate surface area is 111 Å². The standard InChI is InChI=1S/C14H28N2O2/c1-12-6-4-5-7-13(12)16(9-8-14(17)18)11-10-15(2)3/h12-13H,4-11H2,1-3H3,(H,17,18). The Kier molecular flexibility index (Phi) is 6.65. The first kappa shape index (κ1) is 15.4. The highest BCUT2D eigenvalue weighted by Gasteiger charge is 2.27. The predicted molar refractivity (Wildman–Crippen MR) is 73.8 cm³/mol. The lowest BCUT2D eigenvalue weighted by Crippen LogP contribution is -2.45. The molecule has 4 heteroatoms. The molecule has 0 amide bonds. The maximum absolute atomic E-state index is 10.8. The van der Waals surface area contributed by atoms with Gasteiger partial charge in [0.05, 0.1) is 6.42 Å². The fourth-order valence-corrected chi connectivity index (χ4v) is 2.85. The van der Waals surface area contributed by atoms with Crippen LogP contribution in [0.4, 0.5) is 0 Å². The Bertz CT molecular complexity index is 256. The Morgan fingerprint density at radius 1 is 1.17 bits per heavy atom. The minimum Gasteiger partial charge on any atom is -0.481 e. The van der Waals surface area contributed by atoms with E-state index in [1.54, 1.807) is 0 Å². The lowest BCUT2D eigenvalue weighted by molar-refractivity contribution is -0.137. The summed E-state index contributed by atoms with van der Waals surface area (Å²) >= 11 is 0. The van der Waals surface area contributed by atoms with Crippen molar-refractivity contribution in [2.24, 2.45) is 5.92 Å². The van der Waals surface area contributed by atoms with Crippen LogP contribution in [-0.2, 0) is 4.79 Å². The zero-order chi connectivity index (χ0) is 13.5. The summed E-state index contributed by atoms with van der Waals surface area (Å²) in [6, 6.07) is 0.582. The summed E-state index contributed by atoms with van der Waals surface area (Å²) < 4.78 is 0. The van der Waals surface area contributed by atoms with E-state index in [2.05, 4.69) is 30.8 Å². The second-order valence-electron chi connectivity index (χ2n) is 5.81. The molecule has 2 atom stereocenters. The van der Waals surface area contributed by atoms with Crippen LogP contribution in [0.25, 0.3) is 0 Å². The zero-order valence-corrected chi connectivity index (χ0v) is 12.1. The van der Waals surface area contributed by atoms with Crippen LogP contribution in [0, 0.1) is 5.92 Å². The average molecular weight is 256 g/mol. The van der Waals surface area contributed by atoms with Gasteiger partial charge in [0.25, 0.3) is 0 Å². The van der Waals surface area contributed by atoms with Gasteiger partial charge in [0.2, 0.25) is 0 Å². The molecule has 1 fully saturated rings. The van der Waals surface area contributed by atoms with E-state index in [1.165, 1.54) is 25.7 Å². The SMILES string of the molecule is CC1CCCCC1N(CCC(=O)O)CCN(C)C. The largest absolute Gasteiger partial charge is 0.481 e. The molecule has 1 rings (SSSR count). The Morgan fingerprint density at radius 3 is 2.39 bits per heavy atom. The van der Waals surface area contributed by atoms with Gasteiger partial charge >= 0.3 is 5.97 Å². The van der Waals surface area contributed by atoms with Crippen LogP contribution < -0.4 is 0 Å². The number of rotatable bonds is 7. The van der Waals surface area contributed by atoms with Crippen molar-refractivity contribution < 1.29 is 9.90 Å². The van der Waals surface area contributed by atoms with Gasteiger partial charge in [-0.15, -0.1) is 0 Å². The summed E-state index contributed by atoms with van der Waals surface area (Å²) in [5.74, 6) is 0.0167. The fraction of sp³-hybridized carbons (Fsp3) is 0.929. The molecule has 4 nitrogen and oxygen atoms in total. The van der Waals surface area contributed by atoms with E-state index in [0.29, 0.717) is 18.5 Å². The van der Waals surface area contributed by atoms with Crippen molar-refractivity contribution in [1.29, 1.82) is 0 Å². The van der Waals surface area contributed by atoms with Crippen LogP contribution in [0.5, 0.6) is 0 Å². The zero-order valence-electron chi connectivity index (χ0n) is 12.1. The molecule has 0 saturated heterocycles. The summed E-state index contributed by atoms with van der Waals surface area (Å²) in [7, 11) is 4.14. The van der Waals surface area contributed by atoms with Gasteiger partial charge in [0.1, 0.15) is 0 Å². The first-order valence-electron chi connectivity index (χ1n) is 7.11. The Hall–Kier alpha value is -0.610. The van der Waals surface area contributed by atoms with Gasteiger partial charge in [0.15, 0.2) is 0 Å². The number of carboxylic acid groups (broad SMARTS) is 1. The maximum Gasteiger partial charge on any atom is 0.304 e. The van der Waals surface area contributed by atoms with Gasteiger partial charge in [-0.25, -0.2) is 0 Å². The Balaban J connectivity index is 2.53. The first-order chi connectivity index (χ1) is 8.50. The van der Waals surface area contributed by atoms with E-state index in [1.807, 2.05) is 0 Å². The molecular formula is C14H28N2O2. The van der Waals surface area contributed by atoms with Gasteiger partial charge in [0, 0.05) is 25.7 Å². The van der Waals surface area contributed by atoms with E-state index in [4.69, 9.17) is 5.11 Å². The summed E-state index contributed by atoms with van der Waals surface area (Å²) in [5, 5.41) is 8.87. The molecule has 1 aliphatic rings. The molecule has 0 aromatic heterocycles. The third-order valence-corrected chi connectivity index (χ3v) is 3.98. The van der Waals surface area contributed by atoms with Gasteiger partial charge in [-0.1, -0.05) is 19.8 Å². The molecular weight excluding hydrogens is 228 g/mol.